The van der Waals surface area contributed by atoms with Crippen molar-refractivity contribution in [1.82, 2.24) is 19.9 Å². The quantitative estimate of drug-likeness (QED) is 0.156. The predicted molar refractivity (Wildman–Crippen MR) is 239 cm³/mol. The lowest BCUT2D eigenvalue weighted by molar-refractivity contribution is 1.07. The van der Waals surface area contributed by atoms with Crippen molar-refractivity contribution in [2.75, 3.05) is 0 Å². The monoisotopic (exact) mass is 740 g/mol. The van der Waals surface area contributed by atoms with Crippen LogP contribution in [0.25, 0.3) is 101 Å². The molecular formula is C54H36N4. The van der Waals surface area contributed by atoms with Gasteiger partial charge in [-0.2, -0.15) is 0 Å². The van der Waals surface area contributed by atoms with Crippen LogP contribution in [0.1, 0.15) is 0 Å². The summed E-state index contributed by atoms with van der Waals surface area (Å²) in [5.41, 5.74) is 13.9. The van der Waals surface area contributed by atoms with Gasteiger partial charge in [0.1, 0.15) is 0 Å². The summed E-state index contributed by atoms with van der Waals surface area (Å²) < 4.78 is 0. The van der Waals surface area contributed by atoms with Crippen molar-refractivity contribution < 1.29 is 0 Å². The molecule has 0 saturated carbocycles. The average Bonchev–Trinajstić information content (AvgIpc) is 3.32. The molecule has 0 atom stereocenters. The lowest BCUT2D eigenvalue weighted by atomic mass is 9.94. The molecule has 4 heteroatoms. The molecule has 10 aromatic rings. The second-order valence-corrected chi connectivity index (χ2v) is 14.3. The maximum absolute atomic E-state index is 5.06. The van der Waals surface area contributed by atoms with Crippen molar-refractivity contribution in [3.05, 3.63) is 218 Å². The van der Waals surface area contributed by atoms with Gasteiger partial charge in [0.25, 0.3) is 0 Å². The van der Waals surface area contributed by atoms with E-state index in [2.05, 4.69) is 146 Å². The van der Waals surface area contributed by atoms with Gasteiger partial charge >= 0.3 is 0 Å². The molecule has 10 rings (SSSR count). The standard InChI is InChI=1S/C54H36N4/c1-5-14-40(15-6-1)50-35-47(36-51(55-50)41-16-7-2-8-17-41)38-26-24-37(25-27-38)45-32-33-49-46(34-45)22-13-23-48(49)39-28-30-44(31-29-39)54-57-52(42-18-9-3-10-19-42)56-53(58-54)43-20-11-4-12-21-43/h1-36H. The van der Waals surface area contributed by atoms with Gasteiger partial charge in [0.15, 0.2) is 17.5 Å². The summed E-state index contributed by atoms with van der Waals surface area (Å²) >= 11 is 0. The second kappa shape index (κ2) is 15.4. The zero-order chi connectivity index (χ0) is 38.7. The molecule has 0 N–H and O–H groups in total. The van der Waals surface area contributed by atoms with Crippen LogP contribution in [-0.2, 0) is 0 Å². The fourth-order valence-electron chi connectivity index (χ4n) is 7.52. The zero-order valence-corrected chi connectivity index (χ0v) is 31.6. The van der Waals surface area contributed by atoms with Gasteiger partial charge in [0.2, 0.25) is 0 Å². The van der Waals surface area contributed by atoms with Crippen LogP contribution in [0.3, 0.4) is 0 Å². The van der Waals surface area contributed by atoms with E-state index < -0.39 is 0 Å². The number of hydrogen-bond acceptors (Lipinski definition) is 4. The first kappa shape index (κ1) is 34.7. The first-order chi connectivity index (χ1) is 28.7. The maximum Gasteiger partial charge on any atom is 0.164 e. The minimum Gasteiger partial charge on any atom is -0.248 e. The molecule has 2 heterocycles. The Labute approximate surface area is 337 Å². The summed E-state index contributed by atoms with van der Waals surface area (Å²) in [6, 6.07) is 76.0. The molecule has 4 nitrogen and oxygen atoms in total. The van der Waals surface area contributed by atoms with Gasteiger partial charge in [-0.15, -0.1) is 0 Å². The van der Waals surface area contributed by atoms with E-state index in [9.17, 15) is 0 Å². The molecule has 0 aliphatic heterocycles. The van der Waals surface area contributed by atoms with Crippen LogP contribution >= 0.6 is 0 Å². The number of rotatable bonds is 8. The number of pyridine rings is 1. The highest BCUT2D eigenvalue weighted by Crippen LogP contribution is 2.35. The Morgan fingerprint density at radius 2 is 0.621 bits per heavy atom. The Hall–Kier alpha value is -7.82. The summed E-state index contributed by atoms with van der Waals surface area (Å²) in [5.74, 6) is 1.95. The lowest BCUT2D eigenvalue weighted by Gasteiger charge is -2.12. The molecule has 0 amide bonds. The smallest absolute Gasteiger partial charge is 0.164 e. The summed E-state index contributed by atoms with van der Waals surface area (Å²) in [6.07, 6.45) is 0. The van der Waals surface area contributed by atoms with Crippen molar-refractivity contribution in [1.29, 1.82) is 0 Å². The Kier molecular flexibility index (Phi) is 9.18. The average molecular weight is 741 g/mol. The summed E-state index contributed by atoms with van der Waals surface area (Å²) in [5, 5.41) is 2.39. The van der Waals surface area contributed by atoms with Crippen LogP contribution in [0.4, 0.5) is 0 Å². The molecule has 2 aromatic heterocycles. The molecule has 58 heavy (non-hydrogen) atoms. The number of nitrogens with zero attached hydrogens (tertiary/aromatic N) is 4. The first-order valence-corrected chi connectivity index (χ1v) is 19.5. The molecular weight excluding hydrogens is 705 g/mol. The summed E-state index contributed by atoms with van der Waals surface area (Å²) in [7, 11) is 0. The molecule has 0 fully saturated rings. The Morgan fingerprint density at radius 1 is 0.224 bits per heavy atom. The predicted octanol–water partition coefficient (Wildman–Crippen LogP) is 13.8. The molecule has 0 radical (unpaired) electrons. The van der Waals surface area contributed by atoms with E-state index in [1.54, 1.807) is 0 Å². The molecule has 8 aromatic carbocycles. The van der Waals surface area contributed by atoms with Gasteiger partial charge in [-0.25, -0.2) is 19.9 Å². The van der Waals surface area contributed by atoms with E-state index in [-0.39, 0.29) is 0 Å². The van der Waals surface area contributed by atoms with E-state index in [4.69, 9.17) is 19.9 Å². The van der Waals surface area contributed by atoms with Crippen molar-refractivity contribution in [3.8, 4) is 90.1 Å². The van der Waals surface area contributed by atoms with Gasteiger partial charge in [0, 0.05) is 27.8 Å². The number of aromatic nitrogens is 4. The van der Waals surface area contributed by atoms with Crippen molar-refractivity contribution >= 4 is 10.8 Å². The van der Waals surface area contributed by atoms with Gasteiger partial charge in [-0.05, 0) is 62.4 Å². The highest BCUT2D eigenvalue weighted by atomic mass is 15.0. The zero-order valence-electron chi connectivity index (χ0n) is 31.6. The minimum atomic E-state index is 0.644. The number of fused-ring (bicyclic) bond motifs is 1. The van der Waals surface area contributed by atoms with Crippen molar-refractivity contribution in [2.24, 2.45) is 0 Å². The van der Waals surface area contributed by atoms with E-state index in [1.165, 1.54) is 27.5 Å². The Bertz CT molecular complexity index is 2890. The molecule has 0 bridgehead atoms. The van der Waals surface area contributed by atoms with Gasteiger partial charge in [-0.3, -0.25) is 0 Å². The minimum absolute atomic E-state index is 0.644. The third kappa shape index (κ3) is 7.07. The molecule has 0 spiro atoms. The van der Waals surface area contributed by atoms with Crippen LogP contribution in [0, 0.1) is 0 Å². The van der Waals surface area contributed by atoms with Gasteiger partial charge < -0.3 is 0 Å². The largest absolute Gasteiger partial charge is 0.248 e. The van der Waals surface area contributed by atoms with Crippen LogP contribution in [-0.4, -0.2) is 19.9 Å². The van der Waals surface area contributed by atoms with E-state index in [0.717, 1.165) is 55.9 Å². The van der Waals surface area contributed by atoms with Crippen LogP contribution < -0.4 is 0 Å². The Balaban J connectivity index is 0.947. The summed E-state index contributed by atoms with van der Waals surface area (Å²) in [4.78, 5) is 19.7. The Morgan fingerprint density at radius 3 is 1.12 bits per heavy atom. The third-order valence-corrected chi connectivity index (χ3v) is 10.5. The number of hydrogen-bond donors (Lipinski definition) is 0. The molecule has 272 valence electrons. The maximum atomic E-state index is 5.06. The van der Waals surface area contributed by atoms with Gasteiger partial charge in [0.05, 0.1) is 11.4 Å². The first-order valence-electron chi connectivity index (χ1n) is 19.5. The normalized spacial score (nSPS) is 11.1. The van der Waals surface area contributed by atoms with Crippen LogP contribution in [0.5, 0.6) is 0 Å². The van der Waals surface area contributed by atoms with E-state index >= 15 is 0 Å². The number of benzene rings is 8. The van der Waals surface area contributed by atoms with Crippen LogP contribution in [0.15, 0.2) is 218 Å². The van der Waals surface area contributed by atoms with E-state index in [0.29, 0.717) is 17.5 Å². The molecule has 0 unspecified atom stereocenters. The molecule has 0 aliphatic rings. The molecule has 0 saturated heterocycles. The third-order valence-electron chi connectivity index (χ3n) is 10.5. The molecule has 0 aliphatic carbocycles. The highest BCUT2D eigenvalue weighted by Gasteiger charge is 2.14. The van der Waals surface area contributed by atoms with E-state index in [1.807, 2.05) is 72.8 Å². The van der Waals surface area contributed by atoms with Gasteiger partial charge in [-0.1, -0.05) is 200 Å². The fourth-order valence-corrected chi connectivity index (χ4v) is 7.52. The topological polar surface area (TPSA) is 51.6 Å². The SMILES string of the molecule is c1ccc(-c2cc(-c3ccc(-c4ccc5c(-c6ccc(-c7nc(-c8ccccc8)nc(-c8ccccc8)n7)cc6)cccc5c4)cc3)cc(-c3ccccc3)n2)cc1. The summed E-state index contributed by atoms with van der Waals surface area (Å²) in [6.45, 7) is 0. The lowest BCUT2D eigenvalue weighted by Crippen LogP contribution is -2.00. The van der Waals surface area contributed by atoms with Crippen molar-refractivity contribution in [3.63, 3.8) is 0 Å². The fraction of sp³-hybridized carbons (Fsp3) is 0. The van der Waals surface area contributed by atoms with Crippen LogP contribution in [0.2, 0.25) is 0 Å². The highest BCUT2D eigenvalue weighted by molar-refractivity contribution is 5.99. The van der Waals surface area contributed by atoms with Crippen molar-refractivity contribution in [2.45, 2.75) is 0 Å². The second-order valence-electron chi connectivity index (χ2n) is 14.3.